The zero-order valence-electron chi connectivity index (χ0n) is 13.2. The molecule has 9 heteroatoms. The number of nitrogens with one attached hydrogen (secondary N) is 1. The number of guanidine groups is 1. The summed E-state index contributed by atoms with van der Waals surface area (Å²) in [7, 11) is 1.57. The highest BCUT2D eigenvalue weighted by molar-refractivity contribution is 14.0. The van der Waals surface area contributed by atoms with Crippen molar-refractivity contribution in [3.63, 3.8) is 0 Å². The number of aliphatic imine (C=N–C) groups is 1. The Morgan fingerprint density at radius 1 is 1.35 bits per heavy atom. The van der Waals surface area contributed by atoms with Gasteiger partial charge < -0.3 is 15.3 Å². The van der Waals surface area contributed by atoms with E-state index in [4.69, 9.17) is 5.11 Å². The van der Waals surface area contributed by atoms with Gasteiger partial charge in [0, 0.05) is 30.6 Å². The molecule has 0 radical (unpaired) electrons. The van der Waals surface area contributed by atoms with Gasteiger partial charge in [0.25, 0.3) is 0 Å². The first kappa shape index (κ1) is 21.1. The van der Waals surface area contributed by atoms with Gasteiger partial charge in [-0.15, -0.1) is 24.0 Å². The van der Waals surface area contributed by atoms with E-state index in [-0.39, 0.29) is 28.7 Å². The maximum absolute atomic E-state index is 12.4. The lowest BCUT2D eigenvalue weighted by molar-refractivity contribution is -0.201. The van der Waals surface area contributed by atoms with Crippen LogP contribution in [0.1, 0.15) is 32.1 Å². The predicted octanol–water partition coefficient (Wildman–Crippen LogP) is 2.85. The summed E-state index contributed by atoms with van der Waals surface area (Å²) in [5.74, 6) is 1.41. The molecule has 1 aliphatic heterocycles. The summed E-state index contributed by atoms with van der Waals surface area (Å²) in [5.41, 5.74) is 0. The van der Waals surface area contributed by atoms with Gasteiger partial charge in [-0.2, -0.15) is 24.9 Å². The molecule has 2 fully saturated rings. The average Bonchev–Trinajstić information content (AvgIpc) is 2.47. The van der Waals surface area contributed by atoms with Gasteiger partial charge in [-0.05, 0) is 12.8 Å². The SMILES string of the molecule is CN=C(NCC(O)C(F)(F)F)N1CCSC2(CCCCC2)C1.I. The van der Waals surface area contributed by atoms with Crippen LogP contribution in [0.2, 0.25) is 0 Å². The highest BCUT2D eigenvalue weighted by atomic mass is 127. The van der Waals surface area contributed by atoms with Crippen molar-refractivity contribution in [2.75, 3.05) is 32.4 Å². The van der Waals surface area contributed by atoms with Crippen LogP contribution in [0, 0.1) is 0 Å². The Kier molecular flexibility index (Phi) is 8.26. The van der Waals surface area contributed by atoms with E-state index in [1.54, 1.807) is 7.05 Å². The van der Waals surface area contributed by atoms with Crippen LogP contribution in [0.25, 0.3) is 0 Å². The smallest absolute Gasteiger partial charge is 0.382 e. The van der Waals surface area contributed by atoms with E-state index in [1.807, 2.05) is 16.7 Å². The van der Waals surface area contributed by atoms with E-state index in [0.29, 0.717) is 5.96 Å². The van der Waals surface area contributed by atoms with Crippen LogP contribution in [0.5, 0.6) is 0 Å². The lowest BCUT2D eigenvalue weighted by atomic mass is 9.87. The van der Waals surface area contributed by atoms with Gasteiger partial charge in [0.15, 0.2) is 12.1 Å². The van der Waals surface area contributed by atoms with E-state index in [9.17, 15) is 13.2 Å². The summed E-state index contributed by atoms with van der Waals surface area (Å²) in [4.78, 5) is 6.12. The average molecular weight is 467 g/mol. The monoisotopic (exact) mass is 467 g/mol. The third-order valence-electron chi connectivity index (χ3n) is 4.36. The molecule has 0 aromatic heterocycles. The third-order valence-corrected chi connectivity index (χ3v) is 5.89. The molecular formula is C14H25F3IN3OS. The second-order valence-electron chi connectivity index (χ2n) is 6.00. The van der Waals surface area contributed by atoms with E-state index >= 15 is 0 Å². The lowest BCUT2D eigenvalue weighted by Gasteiger charge is -2.45. The standard InChI is InChI=1S/C14H24F3N3OS.HI/c1-18-12(19-9-11(21)14(15,16)17)20-7-8-22-13(10-20)5-3-2-4-6-13;/h11,21H,2-10H2,1H3,(H,18,19);1H. The fourth-order valence-corrected chi connectivity index (χ4v) is 4.73. The van der Waals surface area contributed by atoms with Crippen molar-refractivity contribution in [1.82, 2.24) is 10.2 Å². The molecule has 23 heavy (non-hydrogen) atoms. The highest BCUT2D eigenvalue weighted by Crippen LogP contribution is 2.42. The Balaban J connectivity index is 0.00000264. The second-order valence-corrected chi connectivity index (χ2v) is 7.56. The van der Waals surface area contributed by atoms with E-state index in [0.717, 1.165) is 31.7 Å². The van der Waals surface area contributed by atoms with Crippen LogP contribution < -0.4 is 5.32 Å². The van der Waals surface area contributed by atoms with E-state index in [1.165, 1.54) is 19.3 Å². The van der Waals surface area contributed by atoms with Gasteiger partial charge in [0.2, 0.25) is 0 Å². The Morgan fingerprint density at radius 3 is 2.57 bits per heavy atom. The molecule has 0 aromatic rings. The molecule has 1 saturated heterocycles. The number of thioether (sulfide) groups is 1. The van der Waals surface area contributed by atoms with Crippen molar-refractivity contribution in [1.29, 1.82) is 0 Å². The van der Waals surface area contributed by atoms with Crippen molar-refractivity contribution < 1.29 is 18.3 Å². The summed E-state index contributed by atoms with van der Waals surface area (Å²) in [6.07, 6.45) is -0.931. The number of alkyl halides is 3. The lowest BCUT2D eigenvalue weighted by Crippen LogP contribution is -2.55. The summed E-state index contributed by atoms with van der Waals surface area (Å²) < 4.78 is 37.4. The molecule has 0 amide bonds. The van der Waals surface area contributed by atoms with Crippen molar-refractivity contribution in [2.24, 2.45) is 4.99 Å². The minimum absolute atomic E-state index is 0. The van der Waals surface area contributed by atoms with Gasteiger partial charge >= 0.3 is 6.18 Å². The molecule has 1 atom stereocenters. The Labute approximate surface area is 156 Å². The zero-order valence-corrected chi connectivity index (χ0v) is 16.4. The molecule has 0 aromatic carbocycles. The first-order valence-electron chi connectivity index (χ1n) is 7.71. The summed E-state index contributed by atoms with van der Waals surface area (Å²) >= 11 is 1.99. The molecule has 1 heterocycles. The molecule has 1 spiro atoms. The molecule has 1 saturated carbocycles. The van der Waals surface area contributed by atoms with Gasteiger partial charge in [0.05, 0.1) is 6.54 Å². The highest BCUT2D eigenvalue weighted by Gasteiger charge is 2.40. The number of aliphatic hydroxyl groups excluding tert-OH is 1. The molecule has 136 valence electrons. The topological polar surface area (TPSA) is 47.9 Å². The largest absolute Gasteiger partial charge is 0.416 e. The first-order chi connectivity index (χ1) is 10.4. The second kappa shape index (κ2) is 8.98. The maximum Gasteiger partial charge on any atom is 0.416 e. The van der Waals surface area contributed by atoms with Crippen LogP contribution >= 0.6 is 35.7 Å². The number of hydrogen-bond donors (Lipinski definition) is 2. The molecule has 1 aliphatic carbocycles. The number of rotatable bonds is 2. The summed E-state index contributed by atoms with van der Waals surface area (Å²) in [6.45, 7) is 1.03. The number of nitrogens with zero attached hydrogens (tertiary/aromatic N) is 2. The van der Waals surface area contributed by atoms with Gasteiger partial charge in [-0.1, -0.05) is 19.3 Å². The van der Waals surface area contributed by atoms with Crippen molar-refractivity contribution in [3.8, 4) is 0 Å². The van der Waals surface area contributed by atoms with Gasteiger partial charge in [-0.3, -0.25) is 4.99 Å². The van der Waals surface area contributed by atoms with Crippen LogP contribution in [-0.2, 0) is 0 Å². The molecule has 1 unspecified atom stereocenters. The van der Waals surface area contributed by atoms with Gasteiger partial charge in [-0.25, -0.2) is 0 Å². The number of halogens is 4. The molecular weight excluding hydrogens is 442 g/mol. The Hall–Kier alpha value is 0.1000. The Bertz CT molecular complexity index is 398. The minimum atomic E-state index is -4.60. The summed E-state index contributed by atoms with van der Waals surface area (Å²) in [5, 5.41) is 11.8. The Morgan fingerprint density at radius 2 is 2.00 bits per heavy atom. The fraction of sp³-hybridized carbons (Fsp3) is 0.929. The van der Waals surface area contributed by atoms with Gasteiger partial charge in [0.1, 0.15) is 0 Å². The maximum atomic E-state index is 12.4. The molecule has 2 aliphatic rings. The third kappa shape index (κ3) is 5.84. The predicted molar refractivity (Wildman–Crippen MR) is 98.7 cm³/mol. The van der Waals surface area contributed by atoms with Crippen molar-refractivity contribution in [2.45, 2.75) is 49.1 Å². The van der Waals surface area contributed by atoms with Crippen LogP contribution in [0.4, 0.5) is 13.2 Å². The van der Waals surface area contributed by atoms with Crippen LogP contribution in [-0.4, -0.2) is 65.4 Å². The normalized spacial score (nSPS) is 23.3. The first-order valence-corrected chi connectivity index (χ1v) is 8.69. The van der Waals surface area contributed by atoms with E-state index < -0.39 is 18.8 Å². The van der Waals surface area contributed by atoms with Crippen LogP contribution in [0.3, 0.4) is 0 Å². The molecule has 2 rings (SSSR count). The molecule has 2 N–H and O–H groups in total. The minimum Gasteiger partial charge on any atom is -0.382 e. The van der Waals surface area contributed by atoms with Crippen molar-refractivity contribution >= 4 is 41.7 Å². The quantitative estimate of drug-likeness (QED) is 0.373. The number of hydrogen-bond acceptors (Lipinski definition) is 3. The van der Waals surface area contributed by atoms with E-state index in [2.05, 4.69) is 10.3 Å². The van der Waals surface area contributed by atoms with Crippen molar-refractivity contribution in [3.05, 3.63) is 0 Å². The molecule has 0 bridgehead atoms. The fourth-order valence-electron chi connectivity index (χ4n) is 3.16. The number of aliphatic hydroxyl groups is 1. The molecule has 4 nitrogen and oxygen atoms in total. The van der Waals surface area contributed by atoms with Crippen LogP contribution in [0.15, 0.2) is 4.99 Å². The summed E-state index contributed by atoms with van der Waals surface area (Å²) in [6, 6.07) is 0. The zero-order chi connectivity index (χ0) is 16.2.